The Labute approximate surface area is 117 Å². The third-order valence-corrected chi connectivity index (χ3v) is 4.06. The number of hydrogen-bond acceptors (Lipinski definition) is 5. The maximum Gasteiger partial charge on any atom is 0.272 e. The van der Waals surface area contributed by atoms with Crippen molar-refractivity contribution < 1.29 is 0 Å². The molecule has 0 saturated carbocycles. The summed E-state index contributed by atoms with van der Waals surface area (Å²) < 4.78 is 4.52. The molecule has 0 aliphatic carbocycles. The van der Waals surface area contributed by atoms with E-state index in [9.17, 15) is 4.79 Å². The highest BCUT2D eigenvalue weighted by atomic mass is 32.1. The largest absolute Gasteiger partial charge is 0.331 e. The quantitative estimate of drug-likeness (QED) is 0.745. The zero-order valence-corrected chi connectivity index (χ0v) is 11.6. The lowest BCUT2D eigenvalue weighted by Crippen LogP contribution is -2.22. The third kappa shape index (κ3) is 2.36. The van der Waals surface area contributed by atoms with Gasteiger partial charge in [-0.2, -0.15) is 0 Å². The van der Waals surface area contributed by atoms with Gasteiger partial charge >= 0.3 is 0 Å². The monoisotopic (exact) mass is 293 g/mol. The predicted molar refractivity (Wildman–Crippen MR) is 75.9 cm³/mol. The highest BCUT2D eigenvalue weighted by molar-refractivity contribution is 7.71. The molecule has 3 heterocycles. The Morgan fingerprint density at radius 2 is 2.32 bits per heavy atom. The van der Waals surface area contributed by atoms with Crippen molar-refractivity contribution in [2.24, 2.45) is 0 Å². The van der Waals surface area contributed by atoms with E-state index < -0.39 is 0 Å². The van der Waals surface area contributed by atoms with Gasteiger partial charge in [0, 0.05) is 19.3 Å². The van der Waals surface area contributed by atoms with E-state index >= 15 is 0 Å². The molecule has 0 saturated heterocycles. The van der Waals surface area contributed by atoms with Crippen LogP contribution in [0.5, 0.6) is 0 Å². The molecular formula is C11H11N5OS2. The average Bonchev–Trinajstić information content (AvgIpc) is 3.03. The van der Waals surface area contributed by atoms with Gasteiger partial charge < -0.3 is 4.98 Å². The molecule has 0 spiro atoms. The van der Waals surface area contributed by atoms with Gasteiger partial charge in [-0.1, -0.05) is 5.21 Å². The van der Waals surface area contributed by atoms with Crippen molar-refractivity contribution in [3.05, 3.63) is 39.0 Å². The van der Waals surface area contributed by atoms with E-state index in [-0.39, 0.29) is 5.56 Å². The van der Waals surface area contributed by atoms with Crippen LogP contribution in [0.3, 0.4) is 0 Å². The van der Waals surface area contributed by atoms with Crippen LogP contribution in [-0.4, -0.2) is 24.5 Å². The molecule has 0 fully saturated rings. The molecule has 3 aromatic rings. The Hall–Kier alpha value is -1.80. The average molecular weight is 293 g/mol. The van der Waals surface area contributed by atoms with Crippen LogP contribution in [0.15, 0.2) is 28.6 Å². The molecule has 6 nitrogen and oxygen atoms in total. The van der Waals surface area contributed by atoms with Gasteiger partial charge in [0.05, 0.1) is 11.7 Å². The van der Waals surface area contributed by atoms with Crippen LogP contribution < -0.4 is 5.56 Å². The number of aromatic nitrogens is 5. The van der Waals surface area contributed by atoms with Crippen LogP contribution in [0.2, 0.25) is 0 Å². The molecule has 0 unspecified atom stereocenters. The van der Waals surface area contributed by atoms with E-state index in [4.69, 9.17) is 12.2 Å². The molecule has 3 aromatic heterocycles. The van der Waals surface area contributed by atoms with Crippen LogP contribution >= 0.6 is 23.6 Å². The van der Waals surface area contributed by atoms with Crippen LogP contribution in [0.25, 0.3) is 10.2 Å². The molecule has 0 atom stereocenters. The smallest absolute Gasteiger partial charge is 0.272 e. The Morgan fingerprint density at radius 3 is 3.11 bits per heavy atom. The molecule has 0 aromatic carbocycles. The number of fused-ring (bicyclic) bond motifs is 1. The Morgan fingerprint density at radius 1 is 1.42 bits per heavy atom. The summed E-state index contributed by atoms with van der Waals surface area (Å²) in [6.07, 6.45) is 4.21. The van der Waals surface area contributed by atoms with Gasteiger partial charge in [-0.05, 0) is 30.1 Å². The summed E-state index contributed by atoms with van der Waals surface area (Å²) >= 11 is 6.65. The molecule has 0 bridgehead atoms. The first kappa shape index (κ1) is 12.2. The number of rotatable bonds is 4. The Balaban J connectivity index is 1.84. The topological polar surface area (TPSA) is 68.5 Å². The van der Waals surface area contributed by atoms with E-state index in [1.807, 2.05) is 11.4 Å². The van der Waals surface area contributed by atoms with E-state index in [1.165, 1.54) is 11.3 Å². The number of nitrogens with zero attached hydrogens (tertiary/aromatic N) is 4. The molecule has 0 amide bonds. The molecular weight excluding hydrogens is 282 g/mol. The minimum Gasteiger partial charge on any atom is -0.331 e. The predicted octanol–water partition coefficient (Wildman–Crippen LogP) is 1.80. The third-order valence-electron chi connectivity index (χ3n) is 2.83. The van der Waals surface area contributed by atoms with Crippen molar-refractivity contribution in [1.29, 1.82) is 0 Å². The Bertz CT molecular complexity index is 798. The van der Waals surface area contributed by atoms with Crippen LogP contribution in [0.1, 0.15) is 6.42 Å². The van der Waals surface area contributed by atoms with Gasteiger partial charge in [0.1, 0.15) is 4.70 Å². The summed E-state index contributed by atoms with van der Waals surface area (Å²) in [4.78, 5) is 15.3. The lowest BCUT2D eigenvalue weighted by Gasteiger charge is -2.06. The molecule has 8 heteroatoms. The van der Waals surface area contributed by atoms with Crippen molar-refractivity contribution in [2.45, 2.75) is 19.5 Å². The van der Waals surface area contributed by atoms with Crippen molar-refractivity contribution in [3.8, 4) is 0 Å². The summed E-state index contributed by atoms with van der Waals surface area (Å²) in [5.41, 5.74) is 0.792. The first-order chi connectivity index (χ1) is 9.25. The van der Waals surface area contributed by atoms with Crippen LogP contribution in [-0.2, 0) is 13.1 Å². The summed E-state index contributed by atoms with van der Waals surface area (Å²) in [6.45, 7) is 1.28. The maximum absolute atomic E-state index is 12.3. The number of aromatic amines is 1. The Kier molecular flexibility index (Phi) is 3.26. The van der Waals surface area contributed by atoms with Crippen LogP contribution in [0, 0.1) is 4.77 Å². The lowest BCUT2D eigenvalue weighted by atomic mass is 10.4. The van der Waals surface area contributed by atoms with E-state index in [2.05, 4.69) is 15.3 Å². The van der Waals surface area contributed by atoms with Gasteiger partial charge in [0.25, 0.3) is 5.56 Å². The van der Waals surface area contributed by atoms with Gasteiger partial charge in [-0.25, -0.2) is 0 Å². The minimum atomic E-state index is -0.0210. The molecule has 0 aliphatic heterocycles. The highest BCUT2D eigenvalue weighted by Gasteiger charge is 2.06. The molecule has 1 N–H and O–H groups in total. The second-order valence-electron chi connectivity index (χ2n) is 4.07. The second-order valence-corrected chi connectivity index (χ2v) is 5.37. The fourth-order valence-electron chi connectivity index (χ4n) is 1.92. The molecule has 0 radical (unpaired) electrons. The normalized spacial score (nSPS) is 11.2. The van der Waals surface area contributed by atoms with E-state index in [1.54, 1.807) is 21.6 Å². The minimum absolute atomic E-state index is 0.0210. The van der Waals surface area contributed by atoms with E-state index in [0.29, 0.717) is 22.6 Å². The first-order valence-corrected chi connectivity index (χ1v) is 7.09. The number of hydrogen-bond donors (Lipinski definition) is 1. The molecule has 19 heavy (non-hydrogen) atoms. The van der Waals surface area contributed by atoms with Gasteiger partial charge in [-0.15, -0.1) is 16.4 Å². The fraction of sp³-hybridized carbons (Fsp3) is 0.273. The van der Waals surface area contributed by atoms with Crippen molar-refractivity contribution in [1.82, 2.24) is 24.5 Å². The fourth-order valence-corrected chi connectivity index (χ4v) is 3.00. The number of H-pyrrole nitrogens is 1. The number of thiophene rings is 1. The van der Waals surface area contributed by atoms with Crippen LogP contribution in [0.4, 0.5) is 0 Å². The van der Waals surface area contributed by atoms with Crippen molar-refractivity contribution in [3.63, 3.8) is 0 Å². The number of aryl methyl sites for hydroxylation is 1. The SMILES string of the molecule is O=c1c2sccc2[nH]c(=S)n1CCCn1ccnn1. The summed E-state index contributed by atoms with van der Waals surface area (Å²) in [7, 11) is 0. The van der Waals surface area contributed by atoms with Crippen molar-refractivity contribution >= 4 is 33.8 Å². The number of nitrogens with one attached hydrogen (secondary N) is 1. The lowest BCUT2D eigenvalue weighted by molar-refractivity contribution is 0.504. The zero-order chi connectivity index (χ0) is 13.2. The van der Waals surface area contributed by atoms with E-state index in [0.717, 1.165) is 11.9 Å². The molecule has 0 aliphatic rings. The first-order valence-electron chi connectivity index (χ1n) is 5.80. The molecule has 3 rings (SSSR count). The van der Waals surface area contributed by atoms with Gasteiger partial charge in [-0.3, -0.25) is 14.0 Å². The van der Waals surface area contributed by atoms with Gasteiger partial charge in [0.15, 0.2) is 4.77 Å². The standard InChI is InChI=1S/C11H11N5OS2/c17-10-9-8(2-7-19-9)13-11(18)16(10)5-1-4-15-6-3-12-14-15/h2-3,6-7H,1,4-5H2,(H,13,18). The molecule has 98 valence electrons. The maximum atomic E-state index is 12.3. The van der Waals surface area contributed by atoms with Crippen molar-refractivity contribution in [2.75, 3.05) is 0 Å². The van der Waals surface area contributed by atoms with Gasteiger partial charge in [0.2, 0.25) is 0 Å². The highest BCUT2D eigenvalue weighted by Crippen LogP contribution is 2.13. The second kappa shape index (κ2) is 5.06. The summed E-state index contributed by atoms with van der Waals surface area (Å²) in [6, 6.07) is 1.87. The summed E-state index contributed by atoms with van der Waals surface area (Å²) in [5, 5.41) is 9.50. The summed E-state index contributed by atoms with van der Waals surface area (Å²) in [5.74, 6) is 0. The zero-order valence-electron chi connectivity index (χ0n) is 9.94.